The summed E-state index contributed by atoms with van der Waals surface area (Å²) in [5.41, 5.74) is 2.53. The molecule has 2 unspecified atom stereocenters. The monoisotopic (exact) mass is 275 g/mol. The van der Waals surface area contributed by atoms with Crippen LogP contribution in [-0.4, -0.2) is 36.1 Å². The summed E-state index contributed by atoms with van der Waals surface area (Å²) in [7, 11) is 0. The van der Waals surface area contributed by atoms with Crippen LogP contribution in [0.4, 0.5) is 0 Å². The molecular weight excluding hydrogens is 258 g/mol. The van der Waals surface area contributed by atoms with Gasteiger partial charge in [-0.25, -0.2) is 0 Å². The van der Waals surface area contributed by atoms with Gasteiger partial charge in [-0.1, -0.05) is 17.7 Å². The molecule has 4 heteroatoms. The van der Waals surface area contributed by atoms with E-state index in [2.05, 4.69) is 27.5 Å². The van der Waals surface area contributed by atoms with Crippen molar-refractivity contribution in [1.82, 2.24) is 15.2 Å². The van der Waals surface area contributed by atoms with Gasteiger partial charge in [0, 0.05) is 41.8 Å². The smallest absolute Gasteiger partial charge is 0.0472 e. The summed E-state index contributed by atoms with van der Waals surface area (Å²) in [6.07, 6.45) is 2.13. The van der Waals surface area contributed by atoms with Crippen LogP contribution in [0.1, 0.15) is 5.56 Å². The van der Waals surface area contributed by atoms with Crippen molar-refractivity contribution in [3.63, 3.8) is 0 Å². The van der Waals surface area contributed by atoms with Crippen molar-refractivity contribution >= 4 is 22.5 Å². The van der Waals surface area contributed by atoms with E-state index in [0.29, 0.717) is 0 Å². The molecule has 2 fully saturated rings. The van der Waals surface area contributed by atoms with Gasteiger partial charge in [0.05, 0.1) is 0 Å². The fourth-order valence-corrected chi connectivity index (χ4v) is 3.78. The third kappa shape index (κ3) is 2.06. The second-order valence-corrected chi connectivity index (χ2v) is 6.31. The normalized spacial score (nSPS) is 27.2. The van der Waals surface area contributed by atoms with Gasteiger partial charge in [-0.05, 0) is 42.6 Å². The summed E-state index contributed by atoms with van der Waals surface area (Å²) >= 11 is 6.03. The first-order valence-electron chi connectivity index (χ1n) is 6.98. The molecule has 3 nitrogen and oxygen atoms in total. The van der Waals surface area contributed by atoms with Crippen LogP contribution in [0.15, 0.2) is 24.4 Å². The summed E-state index contributed by atoms with van der Waals surface area (Å²) in [6, 6.07) is 6.11. The van der Waals surface area contributed by atoms with Crippen LogP contribution in [0.5, 0.6) is 0 Å². The molecule has 0 spiro atoms. The van der Waals surface area contributed by atoms with Gasteiger partial charge in [-0.3, -0.25) is 4.90 Å². The lowest BCUT2D eigenvalue weighted by Gasteiger charge is -2.16. The van der Waals surface area contributed by atoms with Crippen LogP contribution in [0.3, 0.4) is 0 Å². The molecule has 0 radical (unpaired) electrons. The molecule has 0 aliphatic carbocycles. The Morgan fingerprint density at radius 3 is 2.79 bits per heavy atom. The van der Waals surface area contributed by atoms with E-state index in [1.54, 1.807) is 0 Å². The summed E-state index contributed by atoms with van der Waals surface area (Å²) in [5.74, 6) is 1.72. The lowest BCUT2D eigenvalue weighted by Crippen LogP contribution is -2.25. The van der Waals surface area contributed by atoms with Crippen molar-refractivity contribution in [3.05, 3.63) is 35.0 Å². The number of halogens is 1. The van der Waals surface area contributed by atoms with Gasteiger partial charge >= 0.3 is 0 Å². The molecule has 2 atom stereocenters. The number of rotatable bonds is 2. The minimum Gasteiger partial charge on any atom is -0.361 e. The number of hydrogen-bond acceptors (Lipinski definition) is 2. The molecule has 0 saturated carbocycles. The lowest BCUT2D eigenvalue weighted by atomic mass is 10.0. The van der Waals surface area contributed by atoms with Gasteiger partial charge in [-0.2, -0.15) is 0 Å². The molecule has 2 aromatic rings. The first-order valence-corrected chi connectivity index (χ1v) is 7.36. The second kappa shape index (κ2) is 4.51. The van der Waals surface area contributed by atoms with Gasteiger partial charge in [0.2, 0.25) is 0 Å². The van der Waals surface area contributed by atoms with Crippen LogP contribution in [0.25, 0.3) is 10.9 Å². The summed E-state index contributed by atoms with van der Waals surface area (Å²) in [4.78, 5) is 5.92. The summed E-state index contributed by atoms with van der Waals surface area (Å²) in [6.45, 7) is 5.92. The fourth-order valence-electron chi connectivity index (χ4n) is 3.61. The maximum atomic E-state index is 6.03. The van der Waals surface area contributed by atoms with Crippen molar-refractivity contribution in [2.45, 2.75) is 6.54 Å². The van der Waals surface area contributed by atoms with Gasteiger partial charge in [0.15, 0.2) is 0 Å². The second-order valence-electron chi connectivity index (χ2n) is 5.88. The van der Waals surface area contributed by atoms with E-state index in [-0.39, 0.29) is 0 Å². The highest BCUT2D eigenvalue weighted by Crippen LogP contribution is 2.29. The quantitative estimate of drug-likeness (QED) is 0.882. The largest absolute Gasteiger partial charge is 0.361 e. The van der Waals surface area contributed by atoms with E-state index in [4.69, 9.17) is 11.6 Å². The van der Waals surface area contributed by atoms with Crippen molar-refractivity contribution in [3.8, 4) is 0 Å². The predicted molar refractivity (Wildman–Crippen MR) is 78.4 cm³/mol. The van der Waals surface area contributed by atoms with Crippen molar-refractivity contribution < 1.29 is 0 Å². The van der Waals surface area contributed by atoms with E-state index < -0.39 is 0 Å². The maximum absolute atomic E-state index is 6.03. The number of aromatic amines is 1. The SMILES string of the molecule is Clc1ccc2c(CN3CC4CNCC4C3)c[nH]c2c1. The van der Waals surface area contributed by atoms with E-state index >= 15 is 0 Å². The first kappa shape index (κ1) is 11.8. The third-order valence-corrected chi connectivity index (χ3v) is 4.82. The molecule has 1 aromatic carbocycles. The molecule has 2 saturated heterocycles. The minimum absolute atomic E-state index is 0.794. The van der Waals surface area contributed by atoms with E-state index in [1.807, 2.05) is 12.1 Å². The molecule has 0 amide bonds. The van der Waals surface area contributed by atoms with E-state index in [1.165, 1.54) is 37.1 Å². The van der Waals surface area contributed by atoms with Crippen molar-refractivity contribution in [2.24, 2.45) is 11.8 Å². The zero-order chi connectivity index (χ0) is 12.8. The Bertz CT molecular complexity index is 594. The lowest BCUT2D eigenvalue weighted by molar-refractivity contribution is 0.307. The van der Waals surface area contributed by atoms with Crippen LogP contribution in [0.2, 0.25) is 5.02 Å². The molecule has 2 aliphatic heterocycles. The topological polar surface area (TPSA) is 31.1 Å². The van der Waals surface area contributed by atoms with E-state index in [9.17, 15) is 0 Å². The highest BCUT2D eigenvalue weighted by molar-refractivity contribution is 6.31. The number of nitrogens with one attached hydrogen (secondary N) is 2. The van der Waals surface area contributed by atoms with Gasteiger partial charge in [-0.15, -0.1) is 0 Å². The average Bonchev–Trinajstić information content (AvgIpc) is 3.04. The maximum Gasteiger partial charge on any atom is 0.0472 e. The number of fused-ring (bicyclic) bond motifs is 2. The number of benzene rings is 1. The molecule has 1 aromatic heterocycles. The third-order valence-electron chi connectivity index (χ3n) is 4.59. The number of likely N-dealkylation sites (tertiary alicyclic amines) is 1. The van der Waals surface area contributed by atoms with Crippen LogP contribution < -0.4 is 5.32 Å². The van der Waals surface area contributed by atoms with Crippen LogP contribution >= 0.6 is 11.6 Å². The van der Waals surface area contributed by atoms with Gasteiger partial charge < -0.3 is 10.3 Å². The Labute approximate surface area is 117 Å². The highest BCUT2D eigenvalue weighted by atomic mass is 35.5. The van der Waals surface area contributed by atoms with Crippen molar-refractivity contribution in [1.29, 1.82) is 0 Å². The van der Waals surface area contributed by atoms with Crippen LogP contribution in [-0.2, 0) is 6.54 Å². The number of aromatic nitrogens is 1. The standard InChI is InChI=1S/C15H18ClN3/c16-13-1-2-14-12(6-18-15(14)3-13)9-19-7-10-4-17-5-11(10)8-19/h1-3,6,10-11,17-18H,4-5,7-9H2. The minimum atomic E-state index is 0.794. The molecule has 4 rings (SSSR count). The zero-order valence-corrected chi connectivity index (χ0v) is 11.6. The highest BCUT2D eigenvalue weighted by Gasteiger charge is 2.35. The molecule has 2 aliphatic rings. The number of hydrogen-bond donors (Lipinski definition) is 2. The molecule has 3 heterocycles. The van der Waals surface area contributed by atoms with Crippen LogP contribution in [0, 0.1) is 11.8 Å². The number of nitrogens with zero attached hydrogens (tertiary/aromatic N) is 1. The first-order chi connectivity index (χ1) is 9.29. The number of H-pyrrole nitrogens is 1. The molecule has 100 valence electrons. The summed E-state index contributed by atoms with van der Waals surface area (Å²) < 4.78 is 0. The Balaban J connectivity index is 1.55. The Hall–Kier alpha value is -1.03. The molecule has 2 N–H and O–H groups in total. The molecule has 0 bridgehead atoms. The van der Waals surface area contributed by atoms with Gasteiger partial charge in [0.1, 0.15) is 0 Å². The van der Waals surface area contributed by atoms with Gasteiger partial charge in [0.25, 0.3) is 0 Å². The predicted octanol–water partition coefficient (Wildman–Crippen LogP) is 2.47. The fraction of sp³-hybridized carbons (Fsp3) is 0.467. The average molecular weight is 276 g/mol. The molecular formula is C15H18ClN3. The molecule has 19 heavy (non-hydrogen) atoms. The summed E-state index contributed by atoms with van der Waals surface area (Å²) in [5, 5.41) is 5.59. The Kier molecular flexibility index (Phi) is 2.79. The van der Waals surface area contributed by atoms with E-state index in [0.717, 1.165) is 28.9 Å². The van der Waals surface area contributed by atoms with Crippen molar-refractivity contribution in [2.75, 3.05) is 26.2 Å². The Morgan fingerprint density at radius 2 is 2.00 bits per heavy atom. The Morgan fingerprint density at radius 1 is 1.21 bits per heavy atom. The zero-order valence-electron chi connectivity index (χ0n) is 10.8.